The van der Waals surface area contributed by atoms with Gasteiger partial charge in [0.1, 0.15) is 0 Å². The van der Waals surface area contributed by atoms with Gasteiger partial charge in [0.05, 0.1) is 6.42 Å². The maximum Gasteiger partial charge on any atom is 0.224 e. The lowest BCUT2D eigenvalue weighted by atomic mass is 9.93. The molecule has 0 aliphatic carbocycles. The van der Waals surface area contributed by atoms with Crippen LogP contribution in [0.3, 0.4) is 0 Å². The fourth-order valence-electron chi connectivity index (χ4n) is 3.13. The molecule has 1 heterocycles. The summed E-state index contributed by atoms with van der Waals surface area (Å²) in [7, 11) is 1.98. The summed E-state index contributed by atoms with van der Waals surface area (Å²) < 4.78 is 0. The van der Waals surface area contributed by atoms with E-state index in [1.165, 1.54) is 6.42 Å². The van der Waals surface area contributed by atoms with Crippen LogP contribution >= 0.6 is 12.4 Å². The lowest BCUT2D eigenvalue weighted by Gasteiger charge is -2.32. The van der Waals surface area contributed by atoms with Gasteiger partial charge in [-0.1, -0.05) is 30.3 Å². The number of halogens is 1. The number of nitrogens with zero attached hydrogens (tertiary/aromatic N) is 1. The Morgan fingerprint density at radius 3 is 2.44 bits per heavy atom. The predicted molar refractivity (Wildman–Crippen MR) is 103 cm³/mol. The standard InChI is InChI=1S/C19H29N3O2.ClH/c1-20-11-7-16-9-13-22(14-10-16)19(24)8-12-21-18(23)15-17-5-3-2-4-6-17;/h2-6,16,20H,7-15H2,1H3,(H,21,23);1H. The van der Waals surface area contributed by atoms with Gasteiger partial charge in [0, 0.05) is 26.1 Å². The zero-order valence-electron chi connectivity index (χ0n) is 15.0. The summed E-state index contributed by atoms with van der Waals surface area (Å²) in [5.41, 5.74) is 0.991. The Labute approximate surface area is 157 Å². The number of piperidine rings is 1. The summed E-state index contributed by atoms with van der Waals surface area (Å²) in [5.74, 6) is 0.855. The third kappa shape index (κ3) is 7.88. The van der Waals surface area contributed by atoms with Gasteiger partial charge in [0.2, 0.25) is 11.8 Å². The average molecular weight is 368 g/mol. The molecule has 1 aliphatic rings. The molecule has 0 spiro atoms. The van der Waals surface area contributed by atoms with E-state index < -0.39 is 0 Å². The first-order valence-corrected chi connectivity index (χ1v) is 8.92. The van der Waals surface area contributed by atoms with E-state index in [1.54, 1.807) is 0 Å². The van der Waals surface area contributed by atoms with Crippen molar-refractivity contribution in [2.45, 2.75) is 32.1 Å². The molecule has 0 radical (unpaired) electrons. The highest BCUT2D eigenvalue weighted by Crippen LogP contribution is 2.20. The highest BCUT2D eigenvalue weighted by atomic mass is 35.5. The predicted octanol–water partition coefficient (Wildman–Crippen LogP) is 2.01. The fourth-order valence-corrected chi connectivity index (χ4v) is 3.13. The molecule has 0 atom stereocenters. The number of hydrogen-bond donors (Lipinski definition) is 2. The zero-order valence-corrected chi connectivity index (χ0v) is 15.8. The third-order valence-corrected chi connectivity index (χ3v) is 4.64. The Morgan fingerprint density at radius 2 is 1.80 bits per heavy atom. The smallest absolute Gasteiger partial charge is 0.224 e. The molecule has 0 saturated carbocycles. The molecule has 1 aromatic carbocycles. The van der Waals surface area contributed by atoms with Gasteiger partial charge in [-0.3, -0.25) is 9.59 Å². The van der Waals surface area contributed by atoms with Crippen LogP contribution in [-0.2, 0) is 16.0 Å². The molecule has 1 saturated heterocycles. The van der Waals surface area contributed by atoms with E-state index in [-0.39, 0.29) is 24.2 Å². The minimum atomic E-state index is -0.0280. The Bertz CT molecular complexity index is 517. The van der Waals surface area contributed by atoms with Gasteiger partial charge < -0.3 is 15.5 Å². The van der Waals surface area contributed by atoms with Gasteiger partial charge in [-0.15, -0.1) is 12.4 Å². The number of hydrogen-bond acceptors (Lipinski definition) is 3. The van der Waals surface area contributed by atoms with Crippen molar-refractivity contribution in [1.82, 2.24) is 15.5 Å². The van der Waals surface area contributed by atoms with Crippen molar-refractivity contribution in [2.24, 2.45) is 5.92 Å². The highest BCUT2D eigenvalue weighted by Gasteiger charge is 2.22. The average Bonchev–Trinajstić information content (AvgIpc) is 2.61. The SMILES string of the molecule is CNCCC1CCN(C(=O)CCNC(=O)Cc2ccccc2)CC1.Cl. The number of rotatable bonds is 8. The summed E-state index contributed by atoms with van der Waals surface area (Å²) in [5, 5.41) is 6.03. The van der Waals surface area contributed by atoms with E-state index in [9.17, 15) is 9.59 Å². The first kappa shape index (κ1) is 21.5. The lowest BCUT2D eigenvalue weighted by molar-refractivity contribution is -0.132. The minimum absolute atomic E-state index is 0. The first-order valence-electron chi connectivity index (χ1n) is 8.92. The van der Waals surface area contributed by atoms with Gasteiger partial charge in [-0.2, -0.15) is 0 Å². The van der Waals surface area contributed by atoms with E-state index >= 15 is 0 Å². The van der Waals surface area contributed by atoms with E-state index in [0.717, 1.165) is 44.0 Å². The van der Waals surface area contributed by atoms with Crippen molar-refractivity contribution in [3.05, 3.63) is 35.9 Å². The van der Waals surface area contributed by atoms with Crippen molar-refractivity contribution in [3.63, 3.8) is 0 Å². The van der Waals surface area contributed by atoms with Crippen LogP contribution in [0.5, 0.6) is 0 Å². The normalized spacial score (nSPS) is 14.7. The van der Waals surface area contributed by atoms with E-state index in [1.807, 2.05) is 42.3 Å². The molecule has 0 unspecified atom stereocenters. The Balaban J connectivity index is 0.00000312. The second kappa shape index (κ2) is 11.9. The Morgan fingerprint density at radius 1 is 1.12 bits per heavy atom. The summed E-state index contributed by atoms with van der Waals surface area (Å²) in [4.78, 5) is 26.0. The van der Waals surface area contributed by atoms with E-state index in [2.05, 4.69) is 10.6 Å². The molecule has 1 aliphatic heterocycles. The molecule has 2 N–H and O–H groups in total. The van der Waals surface area contributed by atoms with Crippen molar-refractivity contribution in [2.75, 3.05) is 33.2 Å². The van der Waals surface area contributed by atoms with Crippen molar-refractivity contribution in [1.29, 1.82) is 0 Å². The van der Waals surface area contributed by atoms with E-state index in [0.29, 0.717) is 19.4 Å². The molecule has 6 heteroatoms. The van der Waals surface area contributed by atoms with Gasteiger partial charge in [0.25, 0.3) is 0 Å². The number of likely N-dealkylation sites (tertiary alicyclic amines) is 1. The maximum absolute atomic E-state index is 12.2. The van der Waals surface area contributed by atoms with Gasteiger partial charge in [0.15, 0.2) is 0 Å². The summed E-state index contributed by atoms with van der Waals surface area (Å²) >= 11 is 0. The zero-order chi connectivity index (χ0) is 17.2. The minimum Gasteiger partial charge on any atom is -0.355 e. The fraction of sp³-hybridized carbons (Fsp3) is 0.579. The molecule has 1 aromatic rings. The Hall–Kier alpha value is -1.59. The first-order chi connectivity index (χ1) is 11.7. The van der Waals surface area contributed by atoms with Gasteiger partial charge in [-0.05, 0) is 44.3 Å². The quantitative estimate of drug-likeness (QED) is 0.738. The van der Waals surface area contributed by atoms with Crippen molar-refractivity contribution >= 4 is 24.2 Å². The van der Waals surface area contributed by atoms with Crippen LogP contribution in [0.1, 0.15) is 31.2 Å². The summed E-state index contributed by atoms with van der Waals surface area (Å²) in [6.07, 6.45) is 4.13. The van der Waals surface area contributed by atoms with Crippen LogP contribution in [-0.4, -0.2) is 49.9 Å². The number of benzene rings is 1. The largest absolute Gasteiger partial charge is 0.355 e. The van der Waals surface area contributed by atoms with Crippen LogP contribution in [0.15, 0.2) is 30.3 Å². The molecule has 2 rings (SSSR count). The van der Waals surface area contributed by atoms with Gasteiger partial charge >= 0.3 is 0 Å². The Kier molecular flexibility index (Phi) is 10.2. The number of carbonyl (C=O) groups excluding carboxylic acids is 2. The van der Waals surface area contributed by atoms with Crippen LogP contribution in [0, 0.1) is 5.92 Å². The van der Waals surface area contributed by atoms with Crippen LogP contribution in [0.25, 0.3) is 0 Å². The molecule has 2 amide bonds. The molecule has 0 bridgehead atoms. The summed E-state index contributed by atoms with van der Waals surface area (Å²) in [6.45, 7) is 3.17. The molecule has 140 valence electrons. The molecule has 25 heavy (non-hydrogen) atoms. The van der Waals surface area contributed by atoms with Crippen molar-refractivity contribution in [3.8, 4) is 0 Å². The molecule has 1 fully saturated rings. The molecular formula is C19H30ClN3O2. The maximum atomic E-state index is 12.2. The van der Waals surface area contributed by atoms with Gasteiger partial charge in [-0.25, -0.2) is 0 Å². The molecular weight excluding hydrogens is 338 g/mol. The van der Waals surface area contributed by atoms with Crippen LogP contribution in [0.2, 0.25) is 0 Å². The second-order valence-corrected chi connectivity index (χ2v) is 6.48. The topological polar surface area (TPSA) is 61.4 Å². The van der Waals surface area contributed by atoms with Crippen LogP contribution in [0.4, 0.5) is 0 Å². The molecule has 0 aromatic heterocycles. The monoisotopic (exact) mass is 367 g/mol. The summed E-state index contributed by atoms with van der Waals surface area (Å²) in [6, 6.07) is 9.65. The number of nitrogens with one attached hydrogen (secondary N) is 2. The lowest BCUT2D eigenvalue weighted by Crippen LogP contribution is -2.40. The van der Waals surface area contributed by atoms with Crippen LogP contribution < -0.4 is 10.6 Å². The second-order valence-electron chi connectivity index (χ2n) is 6.48. The number of amides is 2. The third-order valence-electron chi connectivity index (χ3n) is 4.64. The number of carbonyl (C=O) groups is 2. The van der Waals surface area contributed by atoms with Crippen molar-refractivity contribution < 1.29 is 9.59 Å². The molecule has 5 nitrogen and oxygen atoms in total. The highest BCUT2D eigenvalue weighted by molar-refractivity contribution is 5.85. The van der Waals surface area contributed by atoms with E-state index in [4.69, 9.17) is 0 Å².